The van der Waals surface area contributed by atoms with E-state index >= 15 is 0 Å². The Morgan fingerprint density at radius 3 is 2.81 bits per heavy atom. The zero-order chi connectivity index (χ0) is 18.1. The van der Waals surface area contributed by atoms with Crippen molar-refractivity contribution >= 4 is 16.8 Å². The number of aromatic nitrogens is 2. The van der Waals surface area contributed by atoms with Gasteiger partial charge in [0.05, 0.1) is 11.6 Å². The van der Waals surface area contributed by atoms with Crippen LogP contribution in [-0.4, -0.2) is 15.7 Å². The molecule has 1 aliphatic rings. The highest BCUT2D eigenvalue weighted by molar-refractivity contribution is 5.95. The van der Waals surface area contributed by atoms with Crippen molar-refractivity contribution in [2.75, 3.05) is 0 Å². The van der Waals surface area contributed by atoms with Gasteiger partial charge in [-0.15, -0.1) is 0 Å². The molecule has 5 heteroatoms. The third-order valence-electron chi connectivity index (χ3n) is 5.05. The molecular weight excluding hydrogens is 326 g/mol. The van der Waals surface area contributed by atoms with Gasteiger partial charge in [-0.2, -0.15) is 5.10 Å². The molecule has 1 N–H and O–H groups in total. The average molecular weight is 347 g/mol. The number of carbonyl (C=O) groups is 1. The van der Waals surface area contributed by atoms with Crippen LogP contribution in [0.3, 0.4) is 0 Å². The van der Waals surface area contributed by atoms with Gasteiger partial charge < -0.3 is 5.32 Å². The van der Waals surface area contributed by atoms with Gasteiger partial charge in [0, 0.05) is 11.9 Å². The van der Waals surface area contributed by atoms with Gasteiger partial charge >= 0.3 is 0 Å². The molecule has 26 heavy (non-hydrogen) atoms. The van der Waals surface area contributed by atoms with Crippen molar-refractivity contribution in [1.29, 1.82) is 0 Å². The minimum atomic E-state index is -0.398. The Hall–Kier alpha value is -2.95. The van der Waals surface area contributed by atoms with Crippen molar-refractivity contribution < 1.29 is 4.79 Å². The predicted molar refractivity (Wildman–Crippen MR) is 101 cm³/mol. The number of nitrogens with zero attached hydrogens (tertiary/aromatic N) is 2. The number of carbonyl (C=O) groups excluding carboxylic acids is 1. The first-order valence-electron chi connectivity index (χ1n) is 9.07. The summed E-state index contributed by atoms with van der Waals surface area (Å²) in [6.45, 7) is 2.54. The van der Waals surface area contributed by atoms with E-state index in [-0.39, 0.29) is 17.2 Å². The fraction of sp³-hybridized carbons (Fsp3) is 0.286. The number of hydrogen-bond acceptors (Lipinski definition) is 3. The van der Waals surface area contributed by atoms with E-state index in [9.17, 15) is 9.59 Å². The van der Waals surface area contributed by atoms with Crippen LogP contribution in [0, 0.1) is 0 Å². The molecular formula is C21H21N3O2. The minimum Gasteiger partial charge on any atom is -0.344 e. The second-order valence-electron chi connectivity index (χ2n) is 6.63. The Bertz CT molecular complexity index is 1040. The normalized spacial score (nSPS) is 16.3. The second kappa shape index (κ2) is 6.75. The van der Waals surface area contributed by atoms with Crippen LogP contribution in [0.1, 0.15) is 47.4 Å². The van der Waals surface area contributed by atoms with Crippen LogP contribution in [0.5, 0.6) is 0 Å². The molecule has 0 bridgehead atoms. The maximum Gasteiger partial charge on any atom is 0.276 e. The van der Waals surface area contributed by atoms with Crippen LogP contribution in [-0.2, 0) is 13.0 Å². The Balaban J connectivity index is 1.72. The molecule has 3 aromatic rings. The Morgan fingerprint density at radius 2 is 1.96 bits per heavy atom. The fourth-order valence-corrected chi connectivity index (χ4v) is 3.76. The van der Waals surface area contributed by atoms with Gasteiger partial charge in [0.15, 0.2) is 5.69 Å². The van der Waals surface area contributed by atoms with Gasteiger partial charge in [0.25, 0.3) is 5.91 Å². The lowest BCUT2D eigenvalue weighted by Gasteiger charge is -2.26. The Morgan fingerprint density at radius 1 is 1.19 bits per heavy atom. The van der Waals surface area contributed by atoms with Gasteiger partial charge in [-0.25, -0.2) is 0 Å². The Kier molecular flexibility index (Phi) is 4.29. The van der Waals surface area contributed by atoms with E-state index in [1.165, 1.54) is 5.56 Å². The van der Waals surface area contributed by atoms with Crippen LogP contribution in [0.25, 0.3) is 10.9 Å². The van der Waals surface area contributed by atoms with E-state index < -0.39 is 5.91 Å². The summed E-state index contributed by atoms with van der Waals surface area (Å²) in [6.07, 6.45) is 2.92. The topological polar surface area (TPSA) is 64.0 Å². The third kappa shape index (κ3) is 2.79. The standard InChI is InChI=1S/C21H21N3O2/c1-2-24-18-13-6-5-11-16(18)20(25)19(23-24)21(26)22-17-12-7-9-14-8-3-4-10-15(14)17/h3-6,8,10-11,13,17H,2,7,9,12H2,1H3,(H,22,26). The molecule has 0 spiro atoms. The van der Waals surface area contributed by atoms with Crippen LogP contribution in [0.4, 0.5) is 0 Å². The summed E-state index contributed by atoms with van der Waals surface area (Å²) in [6, 6.07) is 15.4. The van der Waals surface area contributed by atoms with Crippen LogP contribution in [0.2, 0.25) is 0 Å². The SMILES string of the molecule is CCn1nc(C(=O)NC2CCCc3ccccc32)c(=O)c2ccccc21. The monoisotopic (exact) mass is 347 g/mol. The van der Waals surface area contributed by atoms with Gasteiger partial charge in [-0.1, -0.05) is 36.4 Å². The molecule has 0 fully saturated rings. The third-order valence-corrected chi connectivity index (χ3v) is 5.05. The molecule has 132 valence electrons. The van der Waals surface area contributed by atoms with Gasteiger partial charge in [0.1, 0.15) is 0 Å². The highest BCUT2D eigenvalue weighted by Gasteiger charge is 2.24. The molecule has 1 unspecified atom stereocenters. The largest absolute Gasteiger partial charge is 0.344 e. The number of para-hydroxylation sites is 1. The van der Waals surface area contributed by atoms with Crippen molar-refractivity contribution in [2.24, 2.45) is 0 Å². The molecule has 4 rings (SSSR count). The van der Waals surface area contributed by atoms with Crippen molar-refractivity contribution in [2.45, 2.75) is 38.8 Å². The summed E-state index contributed by atoms with van der Waals surface area (Å²) < 4.78 is 1.71. The first-order chi connectivity index (χ1) is 12.7. The van der Waals surface area contributed by atoms with E-state index in [0.29, 0.717) is 11.9 Å². The summed E-state index contributed by atoms with van der Waals surface area (Å²) in [5.41, 5.74) is 2.81. The molecule has 0 aliphatic heterocycles. The van der Waals surface area contributed by atoms with Crippen molar-refractivity contribution in [1.82, 2.24) is 15.1 Å². The lowest BCUT2D eigenvalue weighted by atomic mass is 9.87. The summed E-state index contributed by atoms with van der Waals surface area (Å²) in [5.74, 6) is -0.398. The van der Waals surface area contributed by atoms with Crippen LogP contribution < -0.4 is 10.7 Å². The van der Waals surface area contributed by atoms with Gasteiger partial charge in [0.2, 0.25) is 5.43 Å². The predicted octanol–water partition coefficient (Wildman–Crippen LogP) is 3.22. The molecule has 0 radical (unpaired) electrons. The molecule has 1 amide bonds. The van der Waals surface area contributed by atoms with E-state index in [1.807, 2.05) is 37.3 Å². The molecule has 1 aromatic heterocycles. The summed E-state index contributed by atoms with van der Waals surface area (Å²) in [7, 11) is 0. The molecule has 5 nitrogen and oxygen atoms in total. The smallest absolute Gasteiger partial charge is 0.276 e. The number of benzene rings is 2. The first-order valence-corrected chi connectivity index (χ1v) is 9.07. The first kappa shape index (κ1) is 16.5. The van der Waals surface area contributed by atoms with Crippen molar-refractivity contribution in [3.63, 3.8) is 0 Å². The molecule has 0 saturated carbocycles. The minimum absolute atomic E-state index is 0.0337. The number of fused-ring (bicyclic) bond motifs is 2. The second-order valence-corrected chi connectivity index (χ2v) is 6.63. The molecule has 2 aromatic carbocycles. The summed E-state index contributed by atoms with van der Waals surface area (Å²) >= 11 is 0. The Labute approximate surface area is 151 Å². The van der Waals surface area contributed by atoms with E-state index in [0.717, 1.165) is 30.3 Å². The number of amides is 1. The quantitative estimate of drug-likeness (QED) is 0.791. The average Bonchev–Trinajstić information content (AvgIpc) is 2.69. The lowest BCUT2D eigenvalue weighted by Crippen LogP contribution is -2.35. The summed E-state index contributed by atoms with van der Waals surface area (Å²) in [4.78, 5) is 25.7. The van der Waals surface area contributed by atoms with Crippen molar-refractivity contribution in [3.8, 4) is 0 Å². The van der Waals surface area contributed by atoms with Crippen LogP contribution >= 0.6 is 0 Å². The number of aryl methyl sites for hydroxylation is 2. The van der Waals surface area contributed by atoms with Gasteiger partial charge in [-0.05, 0) is 49.4 Å². The van der Waals surface area contributed by atoms with Gasteiger partial charge in [-0.3, -0.25) is 14.3 Å². The molecule has 0 saturated heterocycles. The number of hydrogen-bond donors (Lipinski definition) is 1. The highest BCUT2D eigenvalue weighted by Crippen LogP contribution is 2.29. The number of nitrogens with one attached hydrogen (secondary N) is 1. The molecule has 1 atom stereocenters. The maximum absolute atomic E-state index is 12.9. The maximum atomic E-state index is 12.9. The number of rotatable bonds is 3. The molecule has 1 heterocycles. The van der Waals surface area contributed by atoms with E-state index in [4.69, 9.17) is 0 Å². The molecule has 1 aliphatic carbocycles. The fourth-order valence-electron chi connectivity index (χ4n) is 3.76. The zero-order valence-corrected chi connectivity index (χ0v) is 14.7. The highest BCUT2D eigenvalue weighted by atomic mass is 16.2. The lowest BCUT2D eigenvalue weighted by molar-refractivity contribution is 0.0924. The van der Waals surface area contributed by atoms with E-state index in [2.05, 4.69) is 22.5 Å². The zero-order valence-electron chi connectivity index (χ0n) is 14.7. The van der Waals surface area contributed by atoms with E-state index in [1.54, 1.807) is 10.7 Å². The van der Waals surface area contributed by atoms with Crippen molar-refractivity contribution in [3.05, 3.63) is 75.6 Å². The van der Waals surface area contributed by atoms with Crippen LogP contribution in [0.15, 0.2) is 53.3 Å². The summed E-state index contributed by atoms with van der Waals surface area (Å²) in [5, 5.41) is 7.89.